The van der Waals surface area contributed by atoms with Gasteiger partial charge in [0.15, 0.2) is 12.2 Å². The fourth-order valence-electron chi connectivity index (χ4n) is 0.450. The van der Waals surface area contributed by atoms with Gasteiger partial charge < -0.3 is 5.21 Å². The number of nitrogens with zero attached hydrogens (tertiary/aromatic N) is 3. The van der Waals surface area contributed by atoms with Gasteiger partial charge in [0.25, 0.3) is 0 Å². The Labute approximate surface area is 46.7 Å². The lowest BCUT2D eigenvalue weighted by molar-refractivity contribution is 0.147. The van der Waals surface area contributed by atoms with Crippen molar-refractivity contribution in [1.29, 1.82) is 0 Å². The Bertz CT molecular complexity index is 172. The summed E-state index contributed by atoms with van der Waals surface area (Å²) in [7, 11) is 0. The van der Waals surface area contributed by atoms with Crippen LogP contribution in [0.1, 0.15) is 12.7 Å². The molecule has 0 radical (unpaired) electrons. The normalized spacial score (nSPS) is 9.62. The van der Waals surface area contributed by atoms with Gasteiger partial charge in [0.05, 0.1) is 0 Å². The zero-order valence-corrected chi connectivity index (χ0v) is 4.57. The first-order valence-electron chi connectivity index (χ1n) is 2.42. The summed E-state index contributed by atoms with van der Waals surface area (Å²) in [5.41, 5.74) is 0. The van der Waals surface area contributed by atoms with E-state index in [4.69, 9.17) is 5.21 Å². The van der Waals surface area contributed by atoms with E-state index in [2.05, 4.69) is 10.1 Å². The summed E-state index contributed by atoms with van der Waals surface area (Å²) in [5, 5.41) is 12.1. The molecule has 0 fully saturated rings. The Morgan fingerprint density at radius 3 is 2.88 bits per heavy atom. The van der Waals surface area contributed by atoms with E-state index in [0.29, 0.717) is 10.7 Å². The van der Waals surface area contributed by atoms with Crippen LogP contribution in [0.15, 0.2) is 6.33 Å². The van der Waals surface area contributed by atoms with Crippen LogP contribution in [-0.2, 0) is 6.42 Å². The molecule has 0 saturated carbocycles. The van der Waals surface area contributed by atoms with E-state index in [9.17, 15) is 0 Å². The lowest BCUT2D eigenvalue weighted by Gasteiger charge is -1.79. The maximum Gasteiger partial charge on any atom is 0.155 e. The molecule has 0 unspecified atom stereocenters. The number of aromatic nitrogens is 3. The quantitative estimate of drug-likeness (QED) is 0.524. The van der Waals surface area contributed by atoms with E-state index < -0.39 is 0 Å². The molecule has 0 aliphatic rings. The minimum Gasteiger partial charge on any atom is -0.410 e. The highest BCUT2D eigenvalue weighted by Crippen LogP contribution is 1.85. The largest absolute Gasteiger partial charge is 0.410 e. The molecule has 0 aliphatic heterocycles. The van der Waals surface area contributed by atoms with Gasteiger partial charge in [0, 0.05) is 6.42 Å². The molecule has 4 nitrogen and oxygen atoms in total. The van der Waals surface area contributed by atoms with Crippen molar-refractivity contribution in [2.45, 2.75) is 13.3 Å². The molecule has 0 saturated heterocycles. The Hall–Kier alpha value is -1.06. The van der Waals surface area contributed by atoms with Crippen LogP contribution in [0.2, 0.25) is 0 Å². The molecule has 0 bridgehead atoms. The lowest BCUT2D eigenvalue weighted by atomic mass is 10.5. The Kier molecular flexibility index (Phi) is 1.15. The molecule has 4 heteroatoms. The lowest BCUT2D eigenvalue weighted by Crippen LogP contribution is -1.90. The standard InChI is InChI=1S/C4H7N3O/c1-2-4-5-3-7(8)6-4/h3,8H,2H2,1H3. The molecule has 8 heavy (non-hydrogen) atoms. The number of rotatable bonds is 1. The van der Waals surface area contributed by atoms with Crippen LogP contribution in [0.25, 0.3) is 0 Å². The van der Waals surface area contributed by atoms with Crippen LogP contribution in [0.5, 0.6) is 0 Å². The highest BCUT2D eigenvalue weighted by molar-refractivity contribution is 4.77. The maximum atomic E-state index is 8.53. The molecule has 1 rings (SSSR count). The zero-order valence-electron chi connectivity index (χ0n) is 4.57. The minimum atomic E-state index is 0.660. The first-order chi connectivity index (χ1) is 3.83. The Morgan fingerprint density at radius 2 is 2.62 bits per heavy atom. The second-order valence-electron chi connectivity index (χ2n) is 1.43. The monoisotopic (exact) mass is 113 g/mol. The Balaban J connectivity index is 2.84. The van der Waals surface area contributed by atoms with E-state index in [1.54, 1.807) is 0 Å². The third kappa shape index (κ3) is 0.776. The summed E-state index contributed by atoms with van der Waals surface area (Å²) < 4.78 is 0. The van der Waals surface area contributed by atoms with Crippen LogP contribution < -0.4 is 0 Å². The fourth-order valence-corrected chi connectivity index (χ4v) is 0.450. The fraction of sp³-hybridized carbons (Fsp3) is 0.500. The van der Waals surface area contributed by atoms with E-state index in [-0.39, 0.29) is 0 Å². The summed E-state index contributed by atoms with van der Waals surface area (Å²) in [4.78, 5) is 4.44. The first-order valence-corrected chi connectivity index (χ1v) is 2.42. The summed E-state index contributed by atoms with van der Waals surface area (Å²) in [5.74, 6) is 0.660. The molecule has 0 spiro atoms. The van der Waals surface area contributed by atoms with Gasteiger partial charge in [-0.2, -0.15) is 0 Å². The van der Waals surface area contributed by atoms with E-state index in [1.807, 2.05) is 6.92 Å². The van der Waals surface area contributed by atoms with Gasteiger partial charge in [-0.15, -0.1) is 5.10 Å². The predicted molar refractivity (Wildman–Crippen MR) is 26.6 cm³/mol. The van der Waals surface area contributed by atoms with Crippen molar-refractivity contribution in [1.82, 2.24) is 14.9 Å². The average molecular weight is 113 g/mol. The Morgan fingerprint density at radius 1 is 1.88 bits per heavy atom. The third-order valence-electron chi connectivity index (χ3n) is 0.844. The second-order valence-corrected chi connectivity index (χ2v) is 1.43. The van der Waals surface area contributed by atoms with E-state index in [0.717, 1.165) is 6.42 Å². The molecule has 0 aliphatic carbocycles. The second kappa shape index (κ2) is 1.81. The summed E-state index contributed by atoms with van der Waals surface area (Å²) in [6, 6.07) is 0. The van der Waals surface area contributed by atoms with Crippen LogP contribution in [0.3, 0.4) is 0 Å². The minimum absolute atomic E-state index is 0.660. The SMILES string of the molecule is CCc1ncn(O)n1. The molecular formula is C4H7N3O. The molecule has 0 aromatic carbocycles. The van der Waals surface area contributed by atoms with Gasteiger partial charge in [-0.25, -0.2) is 4.98 Å². The van der Waals surface area contributed by atoms with Crippen molar-refractivity contribution in [3.05, 3.63) is 12.2 Å². The first kappa shape index (κ1) is 5.08. The van der Waals surface area contributed by atoms with Gasteiger partial charge in [-0.05, 0) is 0 Å². The summed E-state index contributed by atoms with van der Waals surface area (Å²) in [6.45, 7) is 1.93. The molecule has 0 amide bonds. The molecule has 1 aromatic rings. The van der Waals surface area contributed by atoms with Crippen LogP contribution in [0.4, 0.5) is 0 Å². The van der Waals surface area contributed by atoms with Crippen LogP contribution >= 0.6 is 0 Å². The van der Waals surface area contributed by atoms with Crippen LogP contribution in [-0.4, -0.2) is 20.1 Å². The number of hydrogen-bond donors (Lipinski definition) is 1. The van der Waals surface area contributed by atoms with Crippen molar-refractivity contribution >= 4 is 0 Å². The molecular weight excluding hydrogens is 106 g/mol. The zero-order chi connectivity index (χ0) is 5.98. The molecule has 1 N–H and O–H groups in total. The number of hydrogen-bond acceptors (Lipinski definition) is 3. The molecule has 44 valence electrons. The predicted octanol–water partition coefficient (Wildman–Crippen LogP) is 0.0778. The topological polar surface area (TPSA) is 50.9 Å². The highest BCUT2D eigenvalue weighted by Gasteiger charge is 1.91. The van der Waals surface area contributed by atoms with Crippen LogP contribution in [0, 0.1) is 0 Å². The third-order valence-corrected chi connectivity index (χ3v) is 0.844. The van der Waals surface area contributed by atoms with Gasteiger partial charge >= 0.3 is 0 Å². The summed E-state index contributed by atoms with van der Waals surface area (Å²) in [6.07, 6.45) is 2.02. The van der Waals surface area contributed by atoms with Gasteiger partial charge in [-0.1, -0.05) is 11.8 Å². The number of aryl methyl sites for hydroxylation is 1. The summed E-state index contributed by atoms with van der Waals surface area (Å²) >= 11 is 0. The van der Waals surface area contributed by atoms with E-state index in [1.165, 1.54) is 6.33 Å². The van der Waals surface area contributed by atoms with E-state index >= 15 is 0 Å². The van der Waals surface area contributed by atoms with Crippen molar-refractivity contribution in [2.24, 2.45) is 0 Å². The average Bonchev–Trinajstić information content (AvgIpc) is 2.14. The van der Waals surface area contributed by atoms with Crippen molar-refractivity contribution in [2.75, 3.05) is 0 Å². The van der Waals surface area contributed by atoms with Gasteiger partial charge in [0.1, 0.15) is 0 Å². The molecule has 1 heterocycles. The molecule has 0 atom stereocenters. The molecule has 1 aromatic heterocycles. The highest BCUT2D eigenvalue weighted by atomic mass is 16.5. The maximum absolute atomic E-state index is 8.53. The van der Waals surface area contributed by atoms with Crippen molar-refractivity contribution < 1.29 is 5.21 Å². The smallest absolute Gasteiger partial charge is 0.155 e. The van der Waals surface area contributed by atoms with Crippen molar-refractivity contribution in [3.63, 3.8) is 0 Å². The van der Waals surface area contributed by atoms with Gasteiger partial charge in [0.2, 0.25) is 0 Å². The van der Waals surface area contributed by atoms with Crippen molar-refractivity contribution in [3.8, 4) is 0 Å². The van der Waals surface area contributed by atoms with Gasteiger partial charge in [-0.3, -0.25) is 0 Å².